The van der Waals surface area contributed by atoms with Crippen LogP contribution in [-0.4, -0.2) is 37.3 Å². The third-order valence-electron chi connectivity index (χ3n) is 5.79. The van der Waals surface area contributed by atoms with Gasteiger partial charge in [0.1, 0.15) is 5.75 Å². The van der Waals surface area contributed by atoms with Gasteiger partial charge in [0.15, 0.2) is 0 Å². The lowest BCUT2D eigenvalue weighted by atomic mass is 9.99. The lowest BCUT2D eigenvalue weighted by Gasteiger charge is -2.34. The number of carbonyl (C=O) groups excluding carboxylic acids is 1. The van der Waals surface area contributed by atoms with Crippen LogP contribution in [0.5, 0.6) is 5.75 Å². The summed E-state index contributed by atoms with van der Waals surface area (Å²) < 4.78 is 33.5. The summed E-state index contributed by atoms with van der Waals surface area (Å²) in [4.78, 5) is 16.8. The Hall–Kier alpha value is -3.23. The first-order valence-corrected chi connectivity index (χ1v) is 12.4. The van der Waals surface area contributed by atoms with Gasteiger partial charge >= 0.3 is 0 Å². The average Bonchev–Trinajstić information content (AvgIpc) is 2.85. The Balaban J connectivity index is 1.45. The predicted octanol–water partition coefficient (Wildman–Crippen LogP) is 4.19. The van der Waals surface area contributed by atoms with Crippen molar-refractivity contribution in [3.05, 3.63) is 84.2 Å². The quantitative estimate of drug-likeness (QED) is 0.565. The van der Waals surface area contributed by atoms with Crippen LogP contribution in [-0.2, 0) is 21.2 Å². The molecule has 0 aliphatic carbocycles. The fraction of sp³-hybridized carbons (Fsp3) is 0.280. The van der Waals surface area contributed by atoms with Crippen molar-refractivity contribution in [3.8, 4) is 5.75 Å². The molecule has 4 rings (SSSR count). The topological polar surface area (TPSA) is 88.6 Å². The van der Waals surface area contributed by atoms with Gasteiger partial charge in [-0.25, -0.2) is 8.42 Å². The Morgan fingerprint density at radius 1 is 1.09 bits per heavy atom. The van der Waals surface area contributed by atoms with Crippen LogP contribution in [0.2, 0.25) is 0 Å². The molecule has 172 valence electrons. The van der Waals surface area contributed by atoms with Crippen molar-refractivity contribution in [1.29, 1.82) is 0 Å². The normalized spacial score (nSPS) is 16.8. The van der Waals surface area contributed by atoms with E-state index in [2.05, 4.69) is 10.3 Å². The number of pyridine rings is 1. The fourth-order valence-electron chi connectivity index (χ4n) is 4.08. The van der Waals surface area contributed by atoms with Gasteiger partial charge in [0.25, 0.3) is 0 Å². The second-order valence-electron chi connectivity index (χ2n) is 8.01. The van der Waals surface area contributed by atoms with Crippen LogP contribution < -0.4 is 10.1 Å². The van der Waals surface area contributed by atoms with E-state index in [1.165, 1.54) is 0 Å². The van der Waals surface area contributed by atoms with Gasteiger partial charge in [-0.2, -0.15) is 4.31 Å². The second kappa shape index (κ2) is 10.1. The van der Waals surface area contributed by atoms with Crippen molar-refractivity contribution in [2.24, 2.45) is 0 Å². The molecule has 1 atom stereocenters. The van der Waals surface area contributed by atoms with Gasteiger partial charge in [0, 0.05) is 24.6 Å². The number of benzene rings is 2. The Morgan fingerprint density at radius 3 is 2.52 bits per heavy atom. The largest absolute Gasteiger partial charge is 0.497 e. The number of anilines is 1. The number of methoxy groups -OCH3 is 1. The molecule has 0 bridgehead atoms. The molecule has 3 aromatic rings. The number of piperidine rings is 1. The smallest absolute Gasteiger partial charge is 0.243 e. The first-order valence-electron chi connectivity index (χ1n) is 10.9. The molecule has 8 heteroatoms. The molecule has 1 unspecified atom stereocenters. The summed E-state index contributed by atoms with van der Waals surface area (Å²) in [6.45, 7) is 0.474. The molecule has 1 aliphatic heterocycles. The summed E-state index contributed by atoms with van der Waals surface area (Å²) >= 11 is 0. The number of ether oxygens (including phenoxy) is 1. The third kappa shape index (κ3) is 5.40. The van der Waals surface area contributed by atoms with E-state index in [4.69, 9.17) is 4.74 Å². The number of hydrogen-bond acceptors (Lipinski definition) is 5. The number of sulfonamides is 1. The van der Waals surface area contributed by atoms with Gasteiger partial charge in [-0.05, 0) is 66.4 Å². The number of aromatic nitrogens is 1. The Bertz CT molecular complexity index is 1180. The Labute approximate surface area is 194 Å². The van der Waals surface area contributed by atoms with Crippen molar-refractivity contribution < 1.29 is 17.9 Å². The van der Waals surface area contributed by atoms with E-state index in [1.54, 1.807) is 48.1 Å². The minimum Gasteiger partial charge on any atom is -0.497 e. The molecule has 2 heterocycles. The molecule has 0 radical (unpaired) electrons. The number of nitrogens with zero attached hydrogens (tertiary/aromatic N) is 2. The number of rotatable bonds is 7. The van der Waals surface area contributed by atoms with Crippen LogP contribution in [0.4, 0.5) is 5.69 Å². The van der Waals surface area contributed by atoms with Crippen molar-refractivity contribution in [2.75, 3.05) is 19.0 Å². The number of amides is 1. The lowest BCUT2D eigenvalue weighted by Crippen LogP contribution is -2.38. The highest BCUT2D eigenvalue weighted by molar-refractivity contribution is 7.89. The summed E-state index contributed by atoms with van der Waals surface area (Å²) in [6.07, 6.45) is 6.21. The summed E-state index contributed by atoms with van der Waals surface area (Å²) in [5.74, 6) is 0.555. The van der Waals surface area contributed by atoms with E-state index < -0.39 is 10.0 Å². The molecular formula is C25H27N3O4S. The van der Waals surface area contributed by atoms with E-state index in [0.717, 1.165) is 36.1 Å². The van der Waals surface area contributed by atoms with Gasteiger partial charge in [0.05, 0.1) is 24.5 Å². The number of nitrogens with one attached hydrogen (secondary N) is 1. The zero-order chi connectivity index (χ0) is 23.3. The molecule has 1 fully saturated rings. The molecule has 1 N–H and O–H groups in total. The summed E-state index contributed by atoms with van der Waals surface area (Å²) in [5, 5.41) is 2.82. The average molecular weight is 466 g/mol. The monoisotopic (exact) mass is 465 g/mol. The SMILES string of the molecule is COc1ccc(CC(=O)Nc2ccc(S(=O)(=O)N3CCCCC3c3cccnc3)cc2)cc1. The molecule has 1 aliphatic rings. The van der Waals surface area contributed by atoms with Gasteiger partial charge in [0.2, 0.25) is 15.9 Å². The van der Waals surface area contributed by atoms with Gasteiger partial charge in [-0.3, -0.25) is 9.78 Å². The molecule has 2 aromatic carbocycles. The summed E-state index contributed by atoms with van der Waals surface area (Å²) in [5.41, 5.74) is 2.32. The van der Waals surface area contributed by atoms with Crippen molar-refractivity contribution >= 4 is 21.6 Å². The van der Waals surface area contributed by atoms with Crippen LogP contribution in [0.15, 0.2) is 78.0 Å². The minimum atomic E-state index is -3.68. The molecule has 1 aromatic heterocycles. The molecule has 0 spiro atoms. The highest BCUT2D eigenvalue weighted by atomic mass is 32.2. The van der Waals surface area contributed by atoms with Crippen molar-refractivity contribution in [2.45, 2.75) is 36.6 Å². The summed E-state index contributed by atoms with van der Waals surface area (Å²) in [6, 6.07) is 17.2. The van der Waals surface area contributed by atoms with Crippen LogP contribution in [0.25, 0.3) is 0 Å². The highest BCUT2D eigenvalue weighted by Crippen LogP contribution is 2.35. The first kappa shape index (κ1) is 22.9. The number of hydrogen-bond donors (Lipinski definition) is 1. The predicted molar refractivity (Wildman–Crippen MR) is 126 cm³/mol. The van der Waals surface area contributed by atoms with Crippen LogP contribution in [0.3, 0.4) is 0 Å². The molecule has 1 amide bonds. The molecule has 1 saturated heterocycles. The third-order valence-corrected chi connectivity index (χ3v) is 7.71. The summed E-state index contributed by atoms with van der Waals surface area (Å²) in [7, 11) is -2.09. The van der Waals surface area contributed by atoms with Crippen molar-refractivity contribution in [3.63, 3.8) is 0 Å². The van der Waals surface area contributed by atoms with E-state index in [1.807, 2.05) is 36.4 Å². The van der Waals surface area contributed by atoms with E-state index in [-0.39, 0.29) is 23.3 Å². The van der Waals surface area contributed by atoms with Gasteiger partial charge in [-0.15, -0.1) is 0 Å². The Morgan fingerprint density at radius 2 is 1.85 bits per heavy atom. The molecule has 0 saturated carbocycles. The fourth-order valence-corrected chi connectivity index (χ4v) is 5.76. The maximum Gasteiger partial charge on any atom is 0.243 e. The van der Waals surface area contributed by atoms with E-state index >= 15 is 0 Å². The minimum absolute atomic E-state index is 0.177. The van der Waals surface area contributed by atoms with E-state index in [9.17, 15) is 13.2 Å². The number of carbonyl (C=O) groups is 1. The lowest BCUT2D eigenvalue weighted by molar-refractivity contribution is -0.115. The van der Waals surface area contributed by atoms with Gasteiger partial charge < -0.3 is 10.1 Å². The maximum absolute atomic E-state index is 13.4. The van der Waals surface area contributed by atoms with Crippen LogP contribution in [0.1, 0.15) is 36.4 Å². The second-order valence-corrected chi connectivity index (χ2v) is 9.90. The maximum atomic E-state index is 13.4. The van der Waals surface area contributed by atoms with Gasteiger partial charge in [-0.1, -0.05) is 24.6 Å². The zero-order valence-corrected chi connectivity index (χ0v) is 19.3. The Kier molecular flexibility index (Phi) is 7.05. The van der Waals surface area contributed by atoms with Crippen molar-refractivity contribution in [1.82, 2.24) is 9.29 Å². The highest BCUT2D eigenvalue weighted by Gasteiger charge is 2.34. The molecule has 7 nitrogen and oxygen atoms in total. The standard InChI is InChI=1S/C25H27N3O4S/c1-32-22-11-7-19(8-12-22)17-25(29)27-21-9-13-23(14-10-21)33(30,31)28-16-3-2-6-24(28)20-5-4-15-26-18-20/h4-5,7-15,18,24H,2-3,6,16-17H2,1H3,(H,27,29). The molecule has 33 heavy (non-hydrogen) atoms. The van der Waals surface area contributed by atoms with E-state index in [0.29, 0.717) is 12.2 Å². The zero-order valence-electron chi connectivity index (χ0n) is 18.5. The molecular weight excluding hydrogens is 438 g/mol. The first-order chi connectivity index (χ1) is 16.0. The van der Waals surface area contributed by atoms with Crippen LogP contribution in [0, 0.1) is 0 Å². The van der Waals surface area contributed by atoms with Crippen LogP contribution >= 0.6 is 0 Å².